The molecule has 0 unspecified atom stereocenters. The second-order valence-corrected chi connectivity index (χ2v) is 8.29. The molecule has 0 aliphatic carbocycles. The predicted octanol–water partition coefficient (Wildman–Crippen LogP) is 5.06. The molecule has 34 heavy (non-hydrogen) atoms. The van der Waals surface area contributed by atoms with Gasteiger partial charge in [-0.3, -0.25) is 5.32 Å². The van der Waals surface area contributed by atoms with Gasteiger partial charge >= 0.3 is 12.2 Å². The highest BCUT2D eigenvalue weighted by molar-refractivity contribution is 5.86. The van der Waals surface area contributed by atoms with Crippen LogP contribution < -0.4 is 5.32 Å². The SMILES string of the molecule is O=C(Nc1ccccc1C1(O)CCN(C(=O)OCc2ccccc2)CC1)OCc1ccccc1. The maximum absolute atomic E-state index is 12.5. The number of anilines is 1. The summed E-state index contributed by atoms with van der Waals surface area (Å²) in [5.74, 6) is 0. The van der Waals surface area contributed by atoms with Crippen molar-refractivity contribution in [3.05, 3.63) is 102 Å². The highest BCUT2D eigenvalue weighted by Crippen LogP contribution is 2.37. The van der Waals surface area contributed by atoms with Crippen molar-refractivity contribution in [1.82, 2.24) is 4.90 Å². The number of nitrogens with zero attached hydrogens (tertiary/aromatic N) is 1. The minimum absolute atomic E-state index is 0.152. The van der Waals surface area contributed by atoms with Gasteiger partial charge in [-0.2, -0.15) is 0 Å². The summed E-state index contributed by atoms with van der Waals surface area (Å²) in [6.07, 6.45) is -0.347. The van der Waals surface area contributed by atoms with Crippen LogP contribution in [0.5, 0.6) is 0 Å². The van der Waals surface area contributed by atoms with Gasteiger partial charge < -0.3 is 19.5 Å². The molecule has 0 spiro atoms. The lowest BCUT2D eigenvalue weighted by atomic mass is 9.83. The highest BCUT2D eigenvalue weighted by Gasteiger charge is 2.37. The van der Waals surface area contributed by atoms with Gasteiger partial charge in [-0.25, -0.2) is 9.59 Å². The van der Waals surface area contributed by atoms with Crippen LogP contribution in [-0.2, 0) is 28.3 Å². The van der Waals surface area contributed by atoms with E-state index in [4.69, 9.17) is 9.47 Å². The fourth-order valence-corrected chi connectivity index (χ4v) is 4.01. The molecule has 0 bridgehead atoms. The molecular weight excluding hydrogens is 432 g/mol. The largest absolute Gasteiger partial charge is 0.445 e. The van der Waals surface area contributed by atoms with E-state index in [-0.39, 0.29) is 13.2 Å². The molecule has 1 aliphatic heterocycles. The number of ether oxygens (including phenoxy) is 2. The highest BCUT2D eigenvalue weighted by atomic mass is 16.6. The summed E-state index contributed by atoms with van der Waals surface area (Å²) in [7, 11) is 0. The number of para-hydroxylation sites is 1. The van der Waals surface area contributed by atoms with Crippen molar-refractivity contribution in [2.24, 2.45) is 0 Å². The summed E-state index contributed by atoms with van der Waals surface area (Å²) in [4.78, 5) is 26.4. The number of likely N-dealkylation sites (tertiary alicyclic amines) is 1. The van der Waals surface area contributed by atoms with Crippen LogP contribution in [0.15, 0.2) is 84.9 Å². The Labute approximate surface area is 198 Å². The molecule has 0 atom stereocenters. The Morgan fingerprint density at radius 2 is 1.32 bits per heavy atom. The third-order valence-electron chi connectivity index (χ3n) is 5.93. The predicted molar refractivity (Wildman–Crippen MR) is 128 cm³/mol. The first-order valence-electron chi connectivity index (χ1n) is 11.3. The summed E-state index contributed by atoms with van der Waals surface area (Å²) in [6, 6.07) is 26.0. The van der Waals surface area contributed by atoms with E-state index < -0.39 is 17.8 Å². The lowest BCUT2D eigenvalue weighted by molar-refractivity contribution is -0.0249. The van der Waals surface area contributed by atoms with Crippen molar-refractivity contribution < 1.29 is 24.2 Å². The van der Waals surface area contributed by atoms with Crippen molar-refractivity contribution in [2.45, 2.75) is 31.7 Å². The number of rotatable bonds is 6. The molecule has 7 nitrogen and oxygen atoms in total. The monoisotopic (exact) mass is 460 g/mol. The van der Waals surface area contributed by atoms with Crippen molar-refractivity contribution >= 4 is 17.9 Å². The van der Waals surface area contributed by atoms with E-state index in [1.165, 1.54) is 0 Å². The number of carbonyl (C=O) groups excluding carboxylic acids is 2. The number of amides is 2. The number of piperidine rings is 1. The molecule has 0 aromatic heterocycles. The van der Waals surface area contributed by atoms with Gasteiger partial charge in [-0.05, 0) is 30.0 Å². The van der Waals surface area contributed by atoms with Gasteiger partial charge in [0.2, 0.25) is 0 Å². The first-order chi connectivity index (χ1) is 16.5. The average molecular weight is 461 g/mol. The third-order valence-corrected chi connectivity index (χ3v) is 5.93. The van der Waals surface area contributed by atoms with Crippen LogP contribution in [0.3, 0.4) is 0 Å². The number of hydrogen-bond donors (Lipinski definition) is 2. The molecule has 0 saturated carbocycles. The van der Waals surface area contributed by atoms with Gasteiger partial charge in [-0.1, -0.05) is 78.9 Å². The minimum atomic E-state index is -1.18. The smallest absolute Gasteiger partial charge is 0.411 e. The van der Waals surface area contributed by atoms with Gasteiger partial charge in [0.05, 0.1) is 11.3 Å². The van der Waals surface area contributed by atoms with Gasteiger partial charge in [0.1, 0.15) is 13.2 Å². The standard InChI is InChI=1S/C27H28N2O5/c30-25(33-19-21-9-3-1-4-10-21)28-24-14-8-7-13-23(24)27(32)15-17-29(18-16-27)26(31)34-20-22-11-5-2-6-12-22/h1-14,32H,15-20H2,(H,28,30). The molecule has 7 heteroatoms. The zero-order chi connectivity index (χ0) is 23.8. The molecule has 1 fully saturated rings. The number of hydrogen-bond acceptors (Lipinski definition) is 5. The van der Waals surface area contributed by atoms with Gasteiger partial charge in [-0.15, -0.1) is 0 Å². The zero-order valence-corrected chi connectivity index (χ0v) is 18.9. The molecule has 3 aromatic carbocycles. The zero-order valence-electron chi connectivity index (χ0n) is 18.9. The van der Waals surface area contributed by atoms with E-state index in [0.29, 0.717) is 37.2 Å². The normalized spacial score (nSPS) is 14.8. The molecular formula is C27H28N2O5. The van der Waals surface area contributed by atoms with Crippen LogP contribution in [0.25, 0.3) is 0 Å². The summed E-state index contributed by atoms with van der Waals surface area (Å²) < 4.78 is 10.7. The number of benzene rings is 3. The summed E-state index contributed by atoms with van der Waals surface area (Å²) in [5, 5.41) is 14.1. The Kier molecular flexibility index (Phi) is 7.44. The Balaban J connectivity index is 1.33. The van der Waals surface area contributed by atoms with E-state index in [2.05, 4.69) is 5.32 Å². The first kappa shape index (κ1) is 23.3. The Hall–Kier alpha value is -3.84. The number of nitrogens with one attached hydrogen (secondary N) is 1. The fraction of sp³-hybridized carbons (Fsp3) is 0.259. The Bertz CT molecular complexity index is 1100. The average Bonchev–Trinajstić information content (AvgIpc) is 2.88. The molecule has 2 N–H and O–H groups in total. The summed E-state index contributed by atoms with van der Waals surface area (Å²) in [6.45, 7) is 1.05. The van der Waals surface area contributed by atoms with Crippen molar-refractivity contribution in [2.75, 3.05) is 18.4 Å². The van der Waals surface area contributed by atoms with Crippen LogP contribution in [0.4, 0.5) is 15.3 Å². The lowest BCUT2D eigenvalue weighted by Gasteiger charge is -2.38. The van der Waals surface area contributed by atoms with E-state index in [1.54, 1.807) is 23.1 Å². The molecule has 0 radical (unpaired) electrons. The maximum atomic E-state index is 12.5. The molecule has 1 aliphatic rings. The third kappa shape index (κ3) is 5.94. The van der Waals surface area contributed by atoms with Crippen LogP contribution in [-0.4, -0.2) is 35.3 Å². The Morgan fingerprint density at radius 1 is 0.794 bits per heavy atom. The second-order valence-electron chi connectivity index (χ2n) is 8.29. The van der Waals surface area contributed by atoms with Gasteiger partial charge in [0, 0.05) is 18.7 Å². The maximum Gasteiger partial charge on any atom is 0.411 e. The second kappa shape index (κ2) is 10.9. The first-order valence-corrected chi connectivity index (χ1v) is 11.3. The molecule has 4 rings (SSSR count). The van der Waals surface area contributed by atoms with Crippen molar-refractivity contribution in [3.63, 3.8) is 0 Å². The summed E-state index contributed by atoms with van der Waals surface area (Å²) >= 11 is 0. The van der Waals surface area contributed by atoms with Crippen LogP contribution >= 0.6 is 0 Å². The number of carbonyl (C=O) groups is 2. The quantitative estimate of drug-likeness (QED) is 0.537. The van der Waals surface area contributed by atoms with Crippen molar-refractivity contribution in [1.29, 1.82) is 0 Å². The van der Waals surface area contributed by atoms with Crippen LogP contribution in [0.1, 0.15) is 29.5 Å². The van der Waals surface area contributed by atoms with Crippen LogP contribution in [0, 0.1) is 0 Å². The minimum Gasteiger partial charge on any atom is -0.445 e. The van der Waals surface area contributed by atoms with E-state index in [0.717, 1.165) is 11.1 Å². The van der Waals surface area contributed by atoms with Gasteiger partial charge in [0.25, 0.3) is 0 Å². The fourth-order valence-electron chi connectivity index (χ4n) is 4.01. The molecule has 1 saturated heterocycles. The number of aliphatic hydroxyl groups is 1. The van der Waals surface area contributed by atoms with E-state index >= 15 is 0 Å². The molecule has 3 aromatic rings. The molecule has 1 heterocycles. The van der Waals surface area contributed by atoms with E-state index in [1.807, 2.05) is 66.7 Å². The van der Waals surface area contributed by atoms with E-state index in [9.17, 15) is 14.7 Å². The van der Waals surface area contributed by atoms with Gasteiger partial charge in [0.15, 0.2) is 0 Å². The van der Waals surface area contributed by atoms with Crippen molar-refractivity contribution in [3.8, 4) is 0 Å². The molecule has 176 valence electrons. The molecule has 2 amide bonds. The lowest BCUT2D eigenvalue weighted by Crippen LogP contribution is -2.45. The summed E-state index contributed by atoms with van der Waals surface area (Å²) in [5.41, 5.74) is 1.71. The van der Waals surface area contributed by atoms with Crippen LogP contribution in [0.2, 0.25) is 0 Å². The Morgan fingerprint density at radius 3 is 1.94 bits per heavy atom. The topological polar surface area (TPSA) is 88.1 Å².